The summed E-state index contributed by atoms with van der Waals surface area (Å²) >= 11 is 2.96. The number of aryl methyl sites for hydroxylation is 1. The van der Waals surface area contributed by atoms with E-state index in [0.29, 0.717) is 16.1 Å². The molecule has 0 aliphatic rings. The zero-order chi connectivity index (χ0) is 18.5. The second-order valence-electron chi connectivity index (χ2n) is 5.94. The zero-order valence-corrected chi connectivity index (χ0v) is 15.6. The van der Waals surface area contributed by atoms with Crippen LogP contribution in [0.5, 0.6) is 0 Å². The van der Waals surface area contributed by atoms with Crippen LogP contribution in [0.3, 0.4) is 0 Å². The van der Waals surface area contributed by atoms with Crippen molar-refractivity contribution in [2.24, 2.45) is 0 Å². The summed E-state index contributed by atoms with van der Waals surface area (Å²) in [5.41, 5.74) is 1.67. The first-order valence-electron chi connectivity index (χ1n) is 8.09. The van der Waals surface area contributed by atoms with Gasteiger partial charge in [0.2, 0.25) is 5.43 Å². The summed E-state index contributed by atoms with van der Waals surface area (Å²) in [6.45, 7) is 1.96. The molecule has 0 spiro atoms. The van der Waals surface area contributed by atoms with Crippen LogP contribution < -0.4 is 10.7 Å². The number of hydrogen-bond acceptors (Lipinski definition) is 7. The van der Waals surface area contributed by atoms with Gasteiger partial charge < -0.3 is 4.42 Å². The number of aromatic nitrogens is 2. The Hall–Kier alpha value is -3.10. The maximum atomic E-state index is 12.6. The molecule has 5 aromatic rings. The van der Waals surface area contributed by atoms with Crippen LogP contribution in [0.15, 0.2) is 51.9 Å². The van der Waals surface area contributed by atoms with Crippen LogP contribution in [0.1, 0.15) is 15.4 Å². The van der Waals surface area contributed by atoms with Crippen molar-refractivity contribution in [3.63, 3.8) is 0 Å². The fraction of sp³-hybridized carbons (Fsp3) is 0.0526. The van der Waals surface area contributed by atoms with Crippen molar-refractivity contribution >= 4 is 65.1 Å². The third-order valence-corrected chi connectivity index (χ3v) is 6.10. The number of hydrogen-bond donors (Lipinski definition) is 1. The van der Waals surface area contributed by atoms with Crippen molar-refractivity contribution in [3.05, 3.63) is 63.5 Å². The molecule has 0 aliphatic carbocycles. The number of carbonyl (C=O) groups is 1. The predicted octanol–water partition coefficient (Wildman–Crippen LogP) is 4.57. The molecule has 1 amide bonds. The Balaban J connectivity index is 1.55. The van der Waals surface area contributed by atoms with E-state index >= 15 is 0 Å². The van der Waals surface area contributed by atoms with Crippen LogP contribution in [-0.2, 0) is 0 Å². The van der Waals surface area contributed by atoms with Gasteiger partial charge in [-0.2, -0.15) is 0 Å². The Morgan fingerprint density at radius 3 is 2.85 bits per heavy atom. The fourth-order valence-corrected chi connectivity index (χ4v) is 4.79. The summed E-state index contributed by atoms with van der Waals surface area (Å²) in [7, 11) is 0. The summed E-state index contributed by atoms with van der Waals surface area (Å²) < 4.78 is 7.41. The largest absolute Gasteiger partial charge is 0.463 e. The van der Waals surface area contributed by atoms with E-state index in [9.17, 15) is 9.59 Å². The molecule has 3 aromatic heterocycles. The SMILES string of the molecule is Cc1nc2c(ccc3nc(NC(=O)c4coc5ccccc5c4=O)sc32)s1. The average molecular weight is 393 g/mol. The van der Waals surface area contributed by atoms with E-state index in [-0.39, 0.29) is 11.0 Å². The van der Waals surface area contributed by atoms with Crippen LogP contribution in [0.2, 0.25) is 0 Å². The van der Waals surface area contributed by atoms with Crippen LogP contribution in [0.4, 0.5) is 5.13 Å². The number of anilines is 1. The van der Waals surface area contributed by atoms with Crippen LogP contribution in [0, 0.1) is 6.92 Å². The highest BCUT2D eigenvalue weighted by Crippen LogP contribution is 2.34. The second-order valence-corrected chi connectivity index (χ2v) is 8.18. The molecule has 0 unspecified atom stereocenters. The van der Waals surface area contributed by atoms with Crippen molar-refractivity contribution in [2.75, 3.05) is 5.32 Å². The molecule has 0 saturated carbocycles. The Morgan fingerprint density at radius 1 is 1.11 bits per heavy atom. The molecular formula is C19H11N3O3S2. The molecule has 0 bridgehead atoms. The molecule has 5 rings (SSSR count). The first-order chi connectivity index (χ1) is 13.1. The third-order valence-electron chi connectivity index (χ3n) is 4.17. The first-order valence-corrected chi connectivity index (χ1v) is 9.72. The molecule has 8 heteroatoms. The normalized spacial score (nSPS) is 11.4. The summed E-state index contributed by atoms with van der Waals surface area (Å²) in [4.78, 5) is 34.2. The number of carbonyl (C=O) groups excluding carboxylic acids is 1. The number of amides is 1. The number of benzene rings is 2. The van der Waals surface area contributed by atoms with Crippen molar-refractivity contribution in [1.29, 1.82) is 0 Å². The predicted molar refractivity (Wildman–Crippen MR) is 108 cm³/mol. The lowest BCUT2D eigenvalue weighted by molar-refractivity contribution is 0.102. The van der Waals surface area contributed by atoms with E-state index < -0.39 is 5.91 Å². The monoisotopic (exact) mass is 393 g/mol. The minimum Gasteiger partial charge on any atom is -0.463 e. The minimum atomic E-state index is -0.542. The molecule has 0 aliphatic heterocycles. The van der Waals surface area contributed by atoms with Gasteiger partial charge in [0.1, 0.15) is 22.9 Å². The van der Waals surface area contributed by atoms with E-state index in [1.54, 1.807) is 35.6 Å². The Kier molecular flexibility index (Phi) is 3.56. The van der Waals surface area contributed by atoms with Gasteiger partial charge in [-0.05, 0) is 31.2 Å². The third kappa shape index (κ3) is 2.61. The van der Waals surface area contributed by atoms with Crippen molar-refractivity contribution in [2.45, 2.75) is 6.92 Å². The maximum Gasteiger partial charge on any atom is 0.264 e. The molecule has 1 N–H and O–H groups in total. The van der Waals surface area contributed by atoms with E-state index in [1.807, 2.05) is 19.1 Å². The van der Waals surface area contributed by atoms with Gasteiger partial charge >= 0.3 is 0 Å². The quantitative estimate of drug-likeness (QED) is 0.475. The smallest absolute Gasteiger partial charge is 0.264 e. The number of nitrogens with zero attached hydrogens (tertiary/aromatic N) is 2. The van der Waals surface area contributed by atoms with Crippen molar-refractivity contribution < 1.29 is 9.21 Å². The van der Waals surface area contributed by atoms with E-state index in [2.05, 4.69) is 15.3 Å². The fourth-order valence-electron chi connectivity index (χ4n) is 2.94. The van der Waals surface area contributed by atoms with Crippen LogP contribution in [0.25, 0.3) is 31.4 Å². The summed E-state index contributed by atoms with van der Waals surface area (Å²) in [5.74, 6) is -0.542. The van der Waals surface area contributed by atoms with Gasteiger partial charge in [0, 0.05) is 0 Å². The average Bonchev–Trinajstić information content (AvgIpc) is 3.24. The lowest BCUT2D eigenvalue weighted by Crippen LogP contribution is -2.21. The molecule has 6 nitrogen and oxygen atoms in total. The van der Waals surface area contributed by atoms with Gasteiger partial charge in [0.15, 0.2) is 5.13 Å². The highest BCUT2D eigenvalue weighted by atomic mass is 32.1. The second kappa shape index (κ2) is 5.97. The van der Waals surface area contributed by atoms with Crippen LogP contribution in [-0.4, -0.2) is 15.9 Å². The van der Waals surface area contributed by atoms with Gasteiger partial charge in [-0.1, -0.05) is 23.5 Å². The standard InChI is InChI=1S/C19H11N3O3S2/c1-9-20-15-14(26-9)7-6-12-17(15)27-19(21-12)22-18(24)11-8-25-13-5-3-2-4-10(13)16(11)23/h2-8H,1H3,(H,21,22,24). The molecule has 2 aromatic carbocycles. The van der Waals surface area contributed by atoms with Gasteiger partial charge in [-0.15, -0.1) is 11.3 Å². The zero-order valence-electron chi connectivity index (χ0n) is 14.0. The van der Waals surface area contributed by atoms with Crippen LogP contribution >= 0.6 is 22.7 Å². The summed E-state index contributed by atoms with van der Waals surface area (Å²) in [5, 5.41) is 4.47. The molecule has 0 radical (unpaired) electrons. The topological polar surface area (TPSA) is 85.1 Å². The van der Waals surface area contributed by atoms with Gasteiger partial charge in [-0.3, -0.25) is 14.9 Å². The van der Waals surface area contributed by atoms with E-state index in [1.165, 1.54) is 17.6 Å². The number of nitrogens with one attached hydrogen (secondary N) is 1. The lowest BCUT2D eigenvalue weighted by atomic mass is 10.1. The number of thiazole rings is 2. The van der Waals surface area contributed by atoms with Gasteiger partial charge in [0.05, 0.1) is 25.3 Å². The Labute approximate surface area is 160 Å². The Morgan fingerprint density at radius 2 is 1.96 bits per heavy atom. The molecule has 0 atom stereocenters. The summed E-state index contributed by atoms with van der Waals surface area (Å²) in [6.07, 6.45) is 1.19. The maximum absolute atomic E-state index is 12.6. The molecule has 27 heavy (non-hydrogen) atoms. The Bertz CT molecular complexity index is 1410. The molecule has 0 fully saturated rings. The van der Waals surface area contributed by atoms with Gasteiger partial charge in [0.25, 0.3) is 5.91 Å². The minimum absolute atomic E-state index is 0.0531. The van der Waals surface area contributed by atoms with Gasteiger partial charge in [-0.25, -0.2) is 9.97 Å². The summed E-state index contributed by atoms with van der Waals surface area (Å²) in [6, 6.07) is 10.7. The number of fused-ring (bicyclic) bond motifs is 4. The van der Waals surface area contributed by atoms with E-state index in [0.717, 1.165) is 25.4 Å². The number of rotatable bonds is 2. The highest BCUT2D eigenvalue weighted by Gasteiger charge is 2.17. The van der Waals surface area contributed by atoms with E-state index in [4.69, 9.17) is 4.42 Å². The molecule has 132 valence electrons. The van der Waals surface area contributed by atoms with Crippen molar-refractivity contribution in [3.8, 4) is 0 Å². The highest BCUT2D eigenvalue weighted by molar-refractivity contribution is 7.24. The first kappa shape index (κ1) is 16.1. The molecule has 0 saturated heterocycles. The lowest BCUT2D eigenvalue weighted by Gasteiger charge is -2.02. The molecule has 3 heterocycles. The molecular weight excluding hydrogens is 382 g/mol. The number of para-hydroxylation sites is 1. The van der Waals surface area contributed by atoms with Crippen molar-refractivity contribution in [1.82, 2.24) is 9.97 Å².